The van der Waals surface area contributed by atoms with E-state index < -0.39 is 36.9 Å². The van der Waals surface area contributed by atoms with E-state index in [1.165, 1.54) is 308 Å². The fourth-order valence-corrected chi connectivity index (χ4v) is 11.1. The minimum absolute atomic E-state index is 0.364. The number of aliphatic hydroxyl groups is 4. The van der Waals surface area contributed by atoms with E-state index in [2.05, 4.69) is 55.6 Å². The highest BCUT2D eigenvalue weighted by Crippen LogP contribution is 2.19. The molecule has 0 radical (unpaired) electrons. The highest BCUT2D eigenvalue weighted by atomic mass is 16.3. The van der Waals surface area contributed by atoms with Gasteiger partial charge in [-0.15, -0.1) is 0 Å². The standard InChI is InChI=1S/C71H137NO5/c1-3-5-7-9-11-13-15-17-19-21-23-25-27-29-31-33-35-37-38-40-42-44-46-48-50-52-54-56-58-60-62-64-68(74)70(76)67(66-73)72-71(77)69(75)65-63-61-59-57-55-53-51-49-47-45-43-41-39-36-34-32-30-28-26-24-22-20-18-16-14-12-10-8-6-4-2/h24,26,30,32,56,58,67-70,73-76H,3-23,25,27-29,31,33-55,57,59-66H2,1-2H3,(H,72,77)/b26-24-,32-30-,58-56+. The summed E-state index contributed by atoms with van der Waals surface area (Å²) in [6.45, 7) is 4.09. The molecule has 0 heterocycles. The number of carbonyl (C=O) groups is 1. The predicted octanol–water partition coefficient (Wildman–Crippen LogP) is 21.5. The third-order valence-electron chi connectivity index (χ3n) is 16.6. The van der Waals surface area contributed by atoms with Gasteiger partial charge in [-0.1, -0.05) is 346 Å². The lowest BCUT2D eigenvalue weighted by molar-refractivity contribution is -0.132. The van der Waals surface area contributed by atoms with E-state index in [1.54, 1.807) is 0 Å². The topological polar surface area (TPSA) is 110 Å². The van der Waals surface area contributed by atoms with Crippen molar-refractivity contribution in [3.8, 4) is 0 Å². The van der Waals surface area contributed by atoms with Crippen LogP contribution in [0.1, 0.15) is 380 Å². The number of aliphatic hydroxyl groups excluding tert-OH is 4. The summed E-state index contributed by atoms with van der Waals surface area (Å²) in [4.78, 5) is 12.7. The molecule has 77 heavy (non-hydrogen) atoms. The number of rotatable bonds is 65. The Hall–Kier alpha value is -1.47. The van der Waals surface area contributed by atoms with Crippen molar-refractivity contribution in [3.63, 3.8) is 0 Å². The minimum Gasteiger partial charge on any atom is -0.394 e. The number of hydrogen-bond donors (Lipinski definition) is 5. The van der Waals surface area contributed by atoms with Gasteiger partial charge in [-0.3, -0.25) is 4.79 Å². The van der Waals surface area contributed by atoms with Crippen LogP contribution in [0.5, 0.6) is 0 Å². The quantitative estimate of drug-likeness (QED) is 0.0308. The van der Waals surface area contributed by atoms with Crippen LogP contribution in [-0.2, 0) is 4.79 Å². The SMILES string of the molecule is CCCCCCCCCCC/C=C\C/C=C\CCCCCCCCCCCCCCCCC(O)C(=O)NC(CO)C(O)C(O)CCC/C=C/CCCCCCCCCCCCCCCCCCCCCCCCCCCC. The molecule has 0 saturated carbocycles. The van der Waals surface area contributed by atoms with Gasteiger partial charge < -0.3 is 25.7 Å². The van der Waals surface area contributed by atoms with Gasteiger partial charge in [0.05, 0.1) is 18.8 Å². The largest absolute Gasteiger partial charge is 0.394 e. The third-order valence-corrected chi connectivity index (χ3v) is 16.6. The summed E-state index contributed by atoms with van der Waals surface area (Å²) in [7, 11) is 0. The van der Waals surface area contributed by atoms with Crippen molar-refractivity contribution in [2.75, 3.05) is 6.61 Å². The summed E-state index contributed by atoms with van der Waals surface area (Å²) in [5.41, 5.74) is 0. The number of hydrogen-bond acceptors (Lipinski definition) is 5. The first-order valence-corrected chi connectivity index (χ1v) is 34.9. The van der Waals surface area contributed by atoms with Gasteiger partial charge in [0.15, 0.2) is 0 Å². The molecule has 456 valence electrons. The van der Waals surface area contributed by atoms with E-state index in [9.17, 15) is 25.2 Å². The molecule has 0 aliphatic carbocycles. The van der Waals surface area contributed by atoms with E-state index in [0.717, 1.165) is 44.9 Å². The van der Waals surface area contributed by atoms with Crippen molar-refractivity contribution in [2.24, 2.45) is 0 Å². The fourth-order valence-electron chi connectivity index (χ4n) is 11.1. The fraction of sp³-hybridized carbons (Fsp3) is 0.901. The van der Waals surface area contributed by atoms with Crippen LogP contribution in [0.4, 0.5) is 0 Å². The van der Waals surface area contributed by atoms with Crippen LogP contribution in [0.25, 0.3) is 0 Å². The van der Waals surface area contributed by atoms with E-state index in [-0.39, 0.29) is 0 Å². The molecule has 5 N–H and O–H groups in total. The lowest BCUT2D eigenvalue weighted by Gasteiger charge is -2.27. The number of unbranched alkanes of at least 4 members (excludes halogenated alkanes) is 50. The Morgan fingerprint density at radius 1 is 0.325 bits per heavy atom. The second-order valence-electron chi connectivity index (χ2n) is 24.2. The predicted molar refractivity (Wildman–Crippen MR) is 339 cm³/mol. The smallest absolute Gasteiger partial charge is 0.249 e. The lowest BCUT2D eigenvalue weighted by atomic mass is 10.00. The molecule has 6 heteroatoms. The normalized spacial score (nSPS) is 13.7. The summed E-state index contributed by atoms with van der Waals surface area (Å²) < 4.78 is 0. The summed E-state index contributed by atoms with van der Waals surface area (Å²) in [5.74, 6) is -0.588. The number of nitrogens with one attached hydrogen (secondary N) is 1. The molecule has 0 aromatic rings. The zero-order valence-electron chi connectivity index (χ0n) is 52.0. The van der Waals surface area contributed by atoms with E-state index in [0.29, 0.717) is 12.8 Å². The van der Waals surface area contributed by atoms with Crippen LogP contribution in [0.15, 0.2) is 36.5 Å². The van der Waals surface area contributed by atoms with E-state index in [4.69, 9.17) is 0 Å². The molecule has 6 nitrogen and oxygen atoms in total. The van der Waals surface area contributed by atoms with Gasteiger partial charge in [0.1, 0.15) is 12.2 Å². The van der Waals surface area contributed by atoms with Crippen molar-refractivity contribution >= 4 is 5.91 Å². The van der Waals surface area contributed by atoms with Crippen LogP contribution in [-0.4, -0.2) is 57.3 Å². The molecule has 0 aliphatic rings. The first-order chi connectivity index (χ1) is 38.0. The molecule has 0 spiro atoms. The molecule has 0 bridgehead atoms. The maximum Gasteiger partial charge on any atom is 0.249 e. The third kappa shape index (κ3) is 59.0. The van der Waals surface area contributed by atoms with Gasteiger partial charge >= 0.3 is 0 Å². The Labute approximate surface area is 481 Å². The van der Waals surface area contributed by atoms with Crippen LogP contribution in [0.3, 0.4) is 0 Å². The van der Waals surface area contributed by atoms with E-state index in [1.807, 2.05) is 0 Å². The molecule has 0 saturated heterocycles. The Bertz CT molecular complexity index is 1220. The second-order valence-corrected chi connectivity index (χ2v) is 24.2. The summed E-state index contributed by atoms with van der Waals surface area (Å²) in [5, 5.41) is 44.2. The number of carbonyl (C=O) groups excluding carboxylic acids is 1. The van der Waals surface area contributed by atoms with Crippen LogP contribution in [0, 0.1) is 0 Å². The van der Waals surface area contributed by atoms with Crippen molar-refractivity contribution < 1.29 is 25.2 Å². The molecule has 0 aromatic heterocycles. The van der Waals surface area contributed by atoms with Crippen molar-refractivity contribution in [2.45, 2.75) is 404 Å². The first-order valence-electron chi connectivity index (χ1n) is 34.9. The van der Waals surface area contributed by atoms with Crippen LogP contribution in [0.2, 0.25) is 0 Å². The molecule has 4 unspecified atom stereocenters. The monoisotopic (exact) mass is 1080 g/mol. The van der Waals surface area contributed by atoms with Gasteiger partial charge in [-0.05, 0) is 70.6 Å². The van der Waals surface area contributed by atoms with Crippen LogP contribution >= 0.6 is 0 Å². The Morgan fingerprint density at radius 3 is 0.857 bits per heavy atom. The highest BCUT2D eigenvalue weighted by molar-refractivity contribution is 5.80. The molecule has 0 aromatic carbocycles. The van der Waals surface area contributed by atoms with Crippen LogP contribution < -0.4 is 5.32 Å². The van der Waals surface area contributed by atoms with Crippen molar-refractivity contribution in [3.05, 3.63) is 36.5 Å². The van der Waals surface area contributed by atoms with Gasteiger partial charge in [0.25, 0.3) is 0 Å². The Balaban J connectivity index is 3.58. The second kappa shape index (κ2) is 65.3. The number of amides is 1. The maximum atomic E-state index is 12.7. The first kappa shape index (κ1) is 75.5. The molecule has 4 atom stereocenters. The zero-order valence-corrected chi connectivity index (χ0v) is 52.0. The Morgan fingerprint density at radius 2 is 0.571 bits per heavy atom. The van der Waals surface area contributed by atoms with Gasteiger partial charge in [-0.25, -0.2) is 0 Å². The summed E-state index contributed by atoms with van der Waals surface area (Å²) >= 11 is 0. The lowest BCUT2D eigenvalue weighted by Crippen LogP contribution is -2.53. The molecule has 0 aliphatic heterocycles. The molecule has 0 rings (SSSR count). The van der Waals surface area contributed by atoms with Crippen molar-refractivity contribution in [1.29, 1.82) is 0 Å². The molecular formula is C71H137NO5. The minimum atomic E-state index is -1.28. The summed E-state index contributed by atoms with van der Waals surface area (Å²) in [6.07, 6.45) is 84.1. The van der Waals surface area contributed by atoms with E-state index >= 15 is 0 Å². The Kier molecular flexibility index (Phi) is 64.1. The molecule has 0 fully saturated rings. The number of allylic oxidation sites excluding steroid dienone is 6. The molecular weight excluding hydrogens is 947 g/mol. The van der Waals surface area contributed by atoms with Gasteiger partial charge in [-0.2, -0.15) is 0 Å². The van der Waals surface area contributed by atoms with Gasteiger partial charge in [0, 0.05) is 0 Å². The molecule has 1 amide bonds. The van der Waals surface area contributed by atoms with Gasteiger partial charge in [0.2, 0.25) is 5.91 Å². The zero-order chi connectivity index (χ0) is 55.8. The average molecular weight is 1080 g/mol. The average Bonchev–Trinajstić information content (AvgIpc) is 3.43. The highest BCUT2D eigenvalue weighted by Gasteiger charge is 2.28. The maximum absolute atomic E-state index is 12.7. The van der Waals surface area contributed by atoms with Crippen molar-refractivity contribution in [1.82, 2.24) is 5.32 Å². The summed E-state index contributed by atoms with van der Waals surface area (Å²) in [6, 6.07) is -1.00.